The molecule has 0 aliphatic rings. The number of aromatic nitrogens is 2. The van der Waals surface area contributed by atoms with E-state index in [0.717, 1.165) is 11.6 Å². The summed E-state index contributed by atoms with van der Waals surface area (Å²) in [6.45, 7) is 1.78. The SMILES string of the molecule is CC(Nc1cc(C(F)(F)F)nc(Cl)n1)c1ccc(Cl)cc1. The summed E-state index contributed by atoms with van der Waals surface area (Å²) in [6, 6.07) is 7.49. The molecule has 21 heavy (non-hydrogen) atoms. The van der Waals surface area contributed by atoms with Gasteiger partial charge in [-0.25, -0.2) is 9.97 Å². The quantitative estimate of drug-likeness (QED) is 0.804. The zero-order valence-electron chi connectivity index (χ0n) is 10.7. The highest BCUT2D eigenvalue weighted by Gasteiger charge is 2.33. The van der Waals surface area contributed by atoms with Gasteiger partial charge < -0.3 is 5.32 Å². The van der Waals surface area contributed by atoms with E-state index in [2.05, 4.69) is 15.3 Å². The Hall–Kier alpha value is -1.53. The molecule has 1 unspecified atom stereocenters. The molecule has 3 nitrogen and oxygen atoms in total. The van der Waals surface area contributed by atoms with Gasteiger partial charge in [-0.15, -0.1) is 0 Å². The maximum absolute atomic E-state index is 12.7. The standard InChI is InChI=1S/C13H10Cl2F3N3/c1-7(8-2-4-9(14)5-3-8)19-11-6-10(13(16,17)18)20-12(15)21-11/h2-7H,1H3,(H,19,20,21). The van der Waals surface area contributed by atoms with E-state index in [4.69, 9.17) is 23.2 Å². The molecule has 2 aromatic rings. The Morgan fingerprint density at radius 1 is 1.10 bits per heavy atom. The van der Waals surface area contributed by atoms with Crippen molar-refractivity contribution in [2.75, 3.05) is 5.32 Å². The number of nitrogens with one attached hydrogen (secondary N) is 1. The van der Waals surface area contributed by atoms with E-state index in [1.807, 2.05) is 0 Å². The summed E-state index contributed by atoms with van der Waals surface area (Å²) in [5.41, 5.74) is -0.240. The molecule has 0 aliphatic heterocycles. The highest BCUT2D eigenvalue weighted by atomic mass is 35.5. The topological polar surface area (TPSA) is 37.8 Å². The number of hydrogen-bond donors (Lipinski definition) is 1. The van der Waals surface area contributed by atoms with E-state index >= 15 is 0 Å². The van der Waals surface area contributed by atoms with Crippen molar-refractivity contribution in [1.29, 1.82) is 0 Å². The first kappa shape index (κ1) is 15.9. The van der Waals surface area contributed by atoms with Crippen LogP contribution in [0.3, 0.4) is 0 Å². The van der Waals surface area contributed by atoms with E-state index < -0.39 is 17.2 Å². The van der Waals surface area contributed by atoms with E-state index in [-0.39, 0.29) is 11.9 Å². The second-order valence-electron chi connectivity index (χ2n) is 4.32. The van der Waals surface area contributed by atoms with Gasteiger partial charge in [0.2, 0.25) is 5.28 Å². The van der Waals surface area contributed by atoms with Gasteiger partial charge in [-0.05, 0) is 36.2 Å². The third-order valence-corrected chi connectivity index (χ3v) is 3.14. The molecule has 0 amide bonds. The van der Waals surface area contributed by atoms with Crippen molar-refractivity contribution in [3.05, 3.63) is 51.9 Å². The molecule has 8 heteroatoms. The van der Waals surface area contributed by atoms with Gasteiger partial charge in [0.1, 0.15) is 5.82 Å². The maximum Gasteiger partial charge on any atom is 0.433 e. The highest BCUT2D eigenvalue weighted by molar-refractivity contribution is 6.30. The molecule has 1 aromatic heterocycles. The van der Waals surface area contributed by atoms with Gasteiger partial charge in [0.05, 0.1) is 0 Å². The van der Waals surface area contributed by atoms with Gasteiger partial charge in [0, 0.05) is 17.1 Å². The molecule has 112 valence electrons. The fraction of sp³-hybridized carbons (Fsp3) is 0.231. The first-order valence-corrected chi connectivity index (χ1v) is 6.65. The monoisotopic (exact) mass is 335 g/mol. The normalized spacial score (nSPS) is 13.0. The zero-order valence-corrected chi connectivity index (χ0v) is 12.3. The van der Waals surface area contributed by atoms with Crippen molar-refractivity contribution in [3.63, 3.8) is 0 Å². The lowest BCUT2D eigenvalue weighted by molar-refractivity contribution is -0.141. The maximum atomic E-state index is 12.7. The number of alkyl halides is 3. The summed E-state index contributed by atoms with van der Waals surface area (Å²) in [4.78, 5) is 6.92. The van der Waals surface area contributed by atoms with Gasteiger partial charge in [0.15, 0.2) is 5.69 Å². The Morgan fingerprint density at radius 2 is 1.71 bits per heavy atom. The van der Waals surface area contributed by atoms with Gasteiger partial charge in [-0.2, -0.15) is 13.2 Å². The summed E-state index contributed by atoms with van der Waals surface area (Å²) in [6.07, 6.45) is -4.58. The Morgan fingerprint density at radius 3 is 2.29 bits per heavy atom. The van der Waals surface area contributed by atoms with Crippen molar-refractivity contribution >= 4 is 29.0 Å². The molecular weight excluding hydrogens is 326 g/mol. The fourth-order valence-corrected chi connectivity index (χ4v) is 2.00. The Kier molecular flexibility index (Phi) is 4.58. The summed E-state index contributed by atoms with van der Waals surface area (Å²) in [5, 5.41) is 2.97. The van der Waals surface area contributed by atoms with Crippen LogP contribution in [0.2, 0.25) is 10.3 Å². The van der Waals surface area contributed by atoms with Gasteiger partial charge in [-0.1, -0.05) is 23.7 Å². The smallest absolute Gasteiger partial charge is 0.363 e. The summed E-state index contributed by atoms with van der Waals surface area (Å²) < 4.78 is 38.0. The summed E-state index contributed by atoms with van der Waals surface area (Å²) >= 11 is 11.3. The minimum Gasteiger partial charge on any atom is -0.363 e. The third kappa shape index (κ3) is 4.22. The largest absolute Gasteiger partial charge is 0.433 e. The minimum absolute atomic E-state index is 0.00442. The van der Waals surface area contributed by atoms with Gasteiger partial charge >= 0.3 is 6.18 Å². The number of nitrogens with zero attached hydrogens (tertiary/aromatic N) is 2. The van der Waals surface area contributed by atoms with Crippen molar-refractivity contribution in [1.82, 2.24) is 9.97 Å². The Balaban J connectivity index is 2.23. The molecule has 0 radical (unpaired) electrons. The number of halogens is 5. The van der Waals surface area contributed by atoms with E-state index in [9.17, 15) is 13.2 Å². The lowest BCUT2D eigenvalue weighted by atomic mass is 10.1. The van der Waals surface area contributed by atoms with E-state index in [1.54, 1.807) is 31.2 Å². The molecule has 0 bridgehead atoms. The highest BCUT2D eigenvalue weighted by Crippen LogP contribution is 2.30. The molecule has 0 spiro atoms. The average molecular weight is 336 g/mol. The molecule has 0 saturated heterocycles. The summed E-state index contributed by atoms with van der Waals surface area (Å²) in [7, 11) is 0. The first-order valence-electron chi connectivity index (χ1n) is 5.89. The number of rotatable bonds is 3. The van der Waals surface area contributed by atoms with E-state index in [0.29, 0.717) is 5.02 Å². The molecule has 0 fully saturated rings. The molecule has 1 aromatic carbocycles. The van der Waals surface area contributed by atoms with Crippen LogP contribution < -0.4 is 5.32 Å². The van der Waals surface area contributed by atoms with Crippen molar-refractivity contribution in [2.24, 2.45) is 0 Å². The minimum atomic E-state index is -4.58. The number of anilines is 1. The molecule has 1 atom stereocenters. The first-order chi connectivity index (χ1) is 9.75. The average Bonchev–Trinajstić information content (AvgIpc) is 2.37. The van der Waals surface area contributed by atoms with Gasteiger partial charge in [-0.3, -0.25) is 0 Å². The molecule has 0 saturated carbocycles. The lowest BCUT2D eigenvalue weighted by Gasteiger charge is -2.16. The van der Waals surface area contributed by atoms with Crippen LogP contribution in [-0.4, -0.2) is 9.97 Å². The lowest BCUT2D eigenvalue weighted by Crippen LogP contribution is -2.13. The fourth-order valence-electron chi connectivity index (χ4n) is 1.69. The molecular formula is C13H10Cl2F3N3. The zero-order chi connectivity index (χ0) is 15.6. The van der Waals surface area contributed by atoms with Crippen molar-refractivity contribution in [3.8, 4) is 0 Å². The number of benzene rings is 1. The van der Waals surface area contributed by atoms with Crippen LogP contribution in [0.1, 0.15) is 24.2 Å². The Bertz CT molecular complexity index is 630. The van der Waals surface area contributed by atoms with Crippen LogP contribution in [0.4, 0.5) is 19.0 Å². The predicted octanol–water partition coefficient (Wildman–Crippen LogP) is 4.98. The molecule has 0 aliphatic carbocycles. The predicted molar refractivity (Wildman–Crippen MR) is 75.5 cm³/mol. The van der Waals surface area contributed by atoms with Gasteiger partial charge in [0.25, 0.3) is 0 Å². The van der Waals surface area contributed by atoms with Crippen LogP contribution in [0.25, 0.3) is 0 Å². The van der Waals surface area contributed by atoms with Crippen LogP contribution in [0, 0.1) is 0 Å². The van der Waals surface area contributed by atoms with Crippen LogP contribution in [0.15, 0.2) is 30.3 Å². The Labute approximate surface area is 129 Å². The van der Waals surface area contributed by atoms with Crippen molar-refractivity contribution in [2.45, 2.75) is 19.1 Å². The second-order valence-corrected chi connectivity index (χ2v) is 5.10. The molecule has 1 N–H and O–H groups in total. The molecule has 2 rings (SSSR count). The second kappa shape index (κ2) is 6.07. The van der Waals surface area contributed by atoms with E-state index in [1.165, 1.54) is 0 Å². The van der Waals surface area contributed by atoms with Crippen LogP contribution in [0.5, 0.6) is 0 Å². The summed E-state index contributed by atoms with van der Waals surface area (Å²) in [5.74, 6) is 0.00442. The number of hydrogen-bond acceptors (Lipinski definition) is 3. The van der Waals surface area contributed by atoms with Crippen LogP contribution >= 0.6 is 23.2 Å². The van der Waals surface area contributed by atoms with Crippen molar-refractivity contribution < 1.29 is 13.2 Å². The van der Waals surface area contributed by atoms with Crippen LogP contribution in [-0.2, 0) is 6.18 Å². The third-order valence-electron chi connectivity index (χ3n) is 2.72. The molecule has 1 heterocycles.